The van der Waals surface area contributed by atoms with Gasteiger partial charge in [-0.05, 0) is 17.7 Å². The van der Waals surface area contributed by atoms with Crippen molar-refractivity contribution in [3.8, 4) is 0 Å². The molecule has 4 rings (SSSR count). The van der Waals surface area contributed by atoms with Crippen molar-refractivity contribution < 1.29 is 4.42 Å². The van der Waals surface area contributed by atoms with Crippen LogP contribution in [0.4, 0.5) is 11.5 Å². The standard InChI is InChI=1S/C22H24N8O/c1-13-29-19-11-30(6-5-20(19)31-13)21-8-18(27-12-28-21)22(25)16-7-14(3-4-17(16)24)15(9-23)10-26-2/h3-4,7-10,12,15,23,25H,5-6,11,24H2,1-2H3. The number of anilines is 2. The van der Waals surface area contributed by atoms with Gasteiger partial charge in [0, 0.05) is 56.7 Å². The minimum Gasteiger partial charge on any atom is -0.446 e. The van der Waals surface area contributed by atoms with E-state index in [2.05, 4.69) is 24.8 Å². The molecule has 0 fully saturated rings. The first-order valence-corrected chi connectivity index (χ1v) is 9.94. The number of hydrogen-bond donors (Lipinski definition) is 3. The van der Waals surface area contributed by atoms with Crippen molar-refractivity contribution >= 4 is 29.6 Å². The number of aromatic nitrogens is 3. The molecule has 2 aromatic heterocycles. The monoisotopic (exact) mass is 416 g/mol. The third kappa shape index (κ3) is 4.07. The van der Waals surface area contributed by atoms with Gasteiger partial charge in [0.25, 0.3) is 0 Å². The second-order valence-electron chi connectivity index (χ2n) is 7.36. The first-order chi connectivity index (χ1) is 15.0. The number of nitrogen functional groups attached to an aromatic ring is 1. The van der Waals surface area contributed by atoms with Crippen molar-refractivity contribution in [2.45, 2.75) is 25.8 Å². The Labute approximate surface area is 180 Å². The molecule has 0 spiro atoms. The van der Waals surface area contributed by atoms with E-state index in [-0.39, 0.29) is 11.6 Å². The van der Waals surface area contributed by atoms with Crippen LogP contribution in [0.2, 0.25) is 0 Å². The maximum atomic E-state index is 8.73. The van der Waals surface area contributed by atoms with Crippen LogP contribution in [0.15, 0.2) is 40.0 Å². The summed E-state index contributed by atoms with van der Waals surface area (Å²) in [4.78, 5) is 19.3. The number of benzene rings is 1. The Morgan fingerprint density at radius 3 is 2.94 bits per heavy atom. The van der Waals surface area contributed by atoms with Crippen molar-refractivity contribution in [1.29, 1.82) is 10.8 Å². The lowest BCUT2D eigenvalue weighted by atomic mass is 9.95. The Hall–Kier alpha value is -3.88. The Balaban J connectivity index is 1.62. The number of nitrogens with one attached hydrogen (secondary N) is 2. The van der Waals surface area contributed by atoms with Gasteiger partial charge in [0.05, 0.1) is 23.9 Å². The smallest absolute Gasteiger partial charge is 0.191 e. The number of oxazole rings is 1. The summed E-state index contributed by atoms with van der Waals surface area (Å²) in [6, 6.07) is 7.22. The fourth-order valence-electron chi connectivity index (χ4n) is 3.70. The highest BCUT2D eigenvalue weighted by Crippen LogP contribution is 2.25. The fraction of sp³-hybridized carbons (Fsp3) is 0.273. The maximum absolute atomic E-state index is 8.73. The Morgan fingerprint density at radius 1 is 1.32 bits per heavy atom. The Bertz CT molecular complexity index is 1170. The highest BCUT2D eigenvalue weighted by molar-refractivity contribution is 6.13. The van der Waals surface area contributed by atoms with Gasteiger partial charge in [-0.2, -0.15) is 0 Å². The lowest BCUT2D eigenvalue weighted by Gasteiger charge is -2.26. The van der Waals surface area contributed by atoms with E-state index in [0.717, 1.165) is 35.8 Å². The van der Waals surface area contributed by atoms with Crippen molar-refractivity contribution in [1.82, 2.24) is 15.0 Å². The van der Waals surface area contributed by atoms with E-state index in [1.165, 1.54) is 12.5 Å². The second-order valence-corrected chi connectivity index (χ2v) is 7.36. The van der Waals surface area contributed by atoms with Crippen molar-refractivity contribution in [2.75, 3.05) is 24.2 Å². The predicted octanol–water partition coefficient (Wildman–Crippen LogP) is 2.77. The molecule has 0 bridgehead atoms. The van der Waals surface area contributed by atoms with E-state index >= 15 is 0 Å². The van der Waals surface area contributed by atoms with Crippen molar-refractivity contribution in [3.05, 3.63) is 64.8 Å². The van der Waals surface area contributed by atoms with Crippen LogP contribution in [-0.2, 0) is 13.0 Å². The van der Waals surface area contributed by atoms with Gasteiger partial charge in [0.2, 0.25) is 0 Å². The van der Waals surface area contributed by atoms with Crippen LogP contribution in [0, 0.1) is 17.7 Å². The molecule has 0 radical (unpaired) electrons. The SMILES string of the molecule is CN=CC(C=N)c1ccc(N)c(C(=N)c2cc(N3CCc4oc(C)nc4C3)ncn2)c1. The van der Waals surface area contributed by atoms with E-state index in [1.807, 2.05) is 19.1 Å². The van der Waals surface area contributed by atoms with E-state index in [9.17, 15) is 0 Å². The van der Waals surface area contributed by atoms with Gasteiger partial charge >= 0.3 is 0 Å². The summed E-state index contributed by atoms with van der Waals surface area (Å²) in [6.07, 6.45) is 5.22. The maximum Gasteiger partial charge on any atom is 0.191 e. The zero-order valence-corrected chi connectivity index (χ0v) is 17.5. The Kier molecular flexibility index (Phi) is 5.57. The van der Waals surface area contributed by atoms with Gasteiger partial charge in [0.1, 0.15) is 23.6 Å². The van der Waals surface area contributed by atoms with Crippen LogP contribution in [0.25, 0.3) is 0 Å². The number of rotatable bonds is 6. The molecule has 0 amide bonds. The average Bonchev–Trinajstić information content (AvgIpc) is 3.16. The summed E-state index contributed by atoms with van der Waals surface area (Å²) < 4.78 is 5.64. The number of aliphatic imine (C=N–C) groups is 1. The summed E-state index contributed by atoms with van der Waals surface area (Å²) >= 11 is 0. The molecule has 0 aliphatic carbocycles. The number of fused-ring (bicyclic) bond motifs is 1. The lowest BCUT2D eigenvalue weighted by Crippen LogP contribution is -2.31. The minimum atomic E-state index is -0.272. The van der Waals surface area contributed by atoms with Gasteiger partial charge in [-0.3, -0.25) is 10.4 Å². The van der Waals surface area contributed by atoms with Gasteiger partial charge in [-0.25, -0.2) is 15.0 Å². The molecule has 4 N–H and O–H groups in total. The van der Waals surface area contributed by atoms with E-state index < -0.39 is 0 Å². The first-order valence-electron chi connectivity index (χ1n) is 9.94. The normalized spacial score (nSPS) is 14.5. The topological polar surface area (TPSA) is 141 Å². The van der Waals surface area contributed by atoms with Crippen LogP contribution in [0.1, 0.15) is 40.1 Å². The van der Waals surface area contributed by atoms with Gasteiger partial charge < -0.3 is 20.5 Å². The highest BCUT2D eigenvalue weighted by Gasteiger charge is 2.23. The molecule has 3 aromatic rings. The summed E-state index contributed by atoms with van der Waals surface area (Å²) in [7, 11) is 1.67. The minimum absolute atomic E-state index is 0.204. The summed E-state index contributed by atoms with van der Waals surface area (Å²) in [5, 5.41) is 16.4. The van der Waals surface area contributed by atoms with Crippen molar-refractivity contribution in [3.63, 3.8) is 0 Å². The molecule has 1 aromatic carbocycles. The number of nitrogens with zero attached hydrogens (tertiary/aromatic N) is 5. The fourth-order valence-corrected chi connectivity index (χ4v) is 3.70. The quantitative estimate of drug-likeness (QED) is 0.417. The van der Waals surface area contributed by atoms with E-state index in [4.69, 9.17) is 21.0 Å². The summed E-state index contributed by atoms with van der Waals surface area (Å²) in [5.74, 6) is 2.05. The zero-order chi connectivity index (χ0) is 22.0. The molecule has 9 nitrogen and oxygen atoms in total. The molecule has 9 heteroatoms. The van der Waals surface area contributed by atoms with Crippen molar-refractivity contribution in [2.24, 2.45) is 4.99 Å². The zero-order valence-electron chi connectivity index (χ0n) is 17.5. The molecule has 31 heavy (non-hydrogen) atoms. The predicted molar refractivity (Wildman–Crippen MR) is 121 cm³/mol. The summed E-state index contributed by atoms with van der Waals surface area (Å²) in [5.41, 5.74) is 9.66. The molecule has 1 aliphatic heterocycles. The molecule has 158 valence electrons. The van der Waals surface area contributed by atoms with Gasteiger partial charge in [-0.15, -0.1) is 0 Å². The first kappa shape index (κ1) is 20.4. The second kappa shape index (κ2) is 8.47. The lowest BCUT2D eigenvalue weighted by molar-refractivity contribution is 0.463. The molecule has 1 unspecified atom stereocenters. The summed E-state index contributed by atoms with van der Waals surface area (Å²) in [6.45, 7) is 3.20. The molecular formula is C22H24N8O. The largest absolute Gasteiger partial charge is 0.446 e. The molecule has 0 saturated carbocycles. The third-order valence-corrected chi connectivity index (χ3v) is 5.29. The number of nitrogens with two attached hydrogens (primary N) is 1. The molecular weight excluding hydrogens is 392 g/mol. The van der Waals surface area contributed by atoms with E-state index in [1.54, 1.807) is 25.4 Å². The number of hydrogen-bond acceptors (Lipinski definition) is 9. The molecule has 3 heterocycles. The highest BCUT2D eigenvalue weighted by atomic mass is 16.4. The average molecular weight is 416 g/mol. The number of aryl methyl sites for hydroxylation is 1. The third-order valence-electron chi connectivity index (χ3n) is 5.29. The van der Waals surface area contributed by atoms with Crippen LogP contribution in [-0.4, -0.2) is 46.7 Å². The van der Waals surface area contributed by atoms with Gasteiger partial charge in [-0.1, -0.05) is 6.07 Å². The van der Waals surface area contributed by atoms with Crippen LogP contribution < -0.4 is 10.6 Å². The van der Waals surface area contributed by atoms with Crippen LogP contribution in [0.5, 0.6) is 0 Å². The Morgan fingerprint density at radius 2 is 2.16 bits per heavy atom. The van der Waals surface area contributed by atoms with Gasteiger partial charge in [0.15, 0.2) is 5.89 Å². The molecule has 0 saturated heterocycles. The van der Waals surface area contributed by atoms with Crippen LogP contribution in [0.3, 0.4) is 0 Å². The molecule has 1 atom stereocenters. The molecule has 1 aliphatic rings. The van der Waals surface area contributed by atoms with E-state index in [0.29, 0.717) is 29.4 Å². The van der Waals surface area contributed by atoms with Crippen LogP contribution >= 0.6 is 0 Å².